The molecule has 1 aliphatic rings. The molecular formula is C15H27N3. The fraction of sp³-hybridized carbons (Fsp3) is 0.800. The minimum Gasteiger partial charge on any atom is -0.333 e. The summed E-state index contributed by atoms with van der Waals surface area (Å²) >= 11 is 0. The van der Waals surface area contributed by atoms with Crippen molar-refractivity contribution >= 4 is 0 Å². The Morgan fingerprint density at radius 2 is 2.11 bits per heavy atom. The van der Waals surface area contributed by atoms with E-state index in [1.54, 1.807) is 0 Å². The van der Waals surface area contributed by atoms with Crippen LogP contribution < -0.4 is 5.32 Å². The number of imidazole rings is 1. The summed E-state index contributed by atoms with van der Waals surface area (Å²) in [5.41, 5.74) is 0. The third-order valence-electron chi connectivity index (χ3n) is 4.07. The Morgan fingerprint density at radius 1 is 1.22 bits per heavy atom. The molecule has 1 aromatic heterocycles. The zero-order valence-electron chi connectivity index (χ0n) is 11.6. The summed E-state index contributed by atoms with van der Waals surface area (Å²) in [6.07, 6.45) is 16.7. The van der Waals surface area contributed by atoms with Crippen molar-refractivity contribution in [1.82, 2.24) is 14.9 Å². The van der Waals surface area contributed by atoms with Gasteiger partial charge in [0, 0.05) is 24.5 Å². The van der Waals surface area contributed by atoms with Crippen molar-refractivity contribution < 1.29 is 0 Å². The van der Waals surface area contributed by atoms with Gasteiger partial charge in [-0.3, -0.25) is 0 Å². The van der Waals surface area contributed by atoms with Gasteiger partial charge in [0.15, 0.2) is 0 Å². The van der Waals surface area contributed by atoms with E-state index < -0.39 is 0 Å². The highest BCUT2D eigenvalue weighted by atomic mass is 15.1. The van der Waals surface area contributed by atoms with Crippen LogP contribution in [0.4, 0.5) is 0 Å². The van der Waals surface area contributed by atoms with Gasteiger partial charge in [0.2, 0.25) is 0 Å². The molecule has 0 saturated heterocycles. The first-order valence-electron chi connectivity index (χ1n) is 7.62. The Labute approximate surface area is 111 Å². The van der Waals surface area contributed by atoms with Crippen molar-refractivity contribution in [2.24, 2.45) is 0 Å². The van der Waals surface area contributed by atoms with E-state index in [0.29, 0.717) is 12.1 Å². The summed E-state index contributed by atoms with van der Waals surface area (Å²) in [5, 5.41) is 3.75. The molecule has 102 valence electrons. The third-order valence-corrected chi connectivity index (χ3v) is 4.07. The number of aromatic nitrogens is 2. The van der Waals surface area contributed by atoms with Crippen LogP contribution in [-0.4, -0.2) is 22.1 Å². The molecule has 0 bridgehead atoms. The monoisotopic (exact) mass is 249 g/mol. The predicted octanol–water partition coefficient (Wildman–Crippen LogP) is 3.54. The van der Waals surface area contributed by atoms with Crippen molar-refractivity contribution in [3.05, 3.63) is 18.7 Å². The predicted molar refractivity (Wildman–Crippen MR) is 75.7 cm³/mol. The van der Waals surface area contributed by atoms with Gasteiger partial charge in [-0.1, -0.05) is 32.6 Å². The van der Waals surface area contributed by atoms with E-state index in [4.69, 9.17) is 0 Å². The molecule has 3 nitrogen and oxygen atoms in total. The molecule has 0 aliphatic heterocycles. The van der Waals surface area contributed by atoms with Crippen LogP contribution in [0.1, 0.15) is 64.3 Å². The summed E-state index contributed by atoms with van der Waals surface area (Å²) < 4.78 is 2.28. The Morgan fingerprint density at radius 3 is 2.89 bits per heavy atom. The number of unbranched alkanes of at least 4 members (excludes halogenated alkanes) is 4. The number of hydrogen-bond acceptors (Lipinski definition) is 2. The largest absolute Gasteiger partial charge is 0.333 e. The maximum Gasteiger partial charge on any atom is 0.0949 e. The van der Waals surface area contributed by atoms with Gasteiger partial charge in [-0.2, -0.15) is 0 Å². The number of nitrogens with zero attached hydrogens (tertiary/aromatic N) is 2. The average molecular weight is 249 g/mol. The van der Waals surface area contributed by atoms with Gasteiger partial charge in [0.25, 0.3) is 0 Å². The van der Waals surface area contributed by atoms with Crippen LogP contribution in [0.25, 0.3) is 0 Å². The minimum atomic E-state index is 0.628. The molecule has 1 aromatic rings. The molecule has 2 rings (SSSR count). The van der Waals surface area contributed by atoms with Crippen molar-refractivity contribution in [2.75, 3.05) is 6.54 Å². The topological polar surface area (TPSA) is 29.9 Å². The van der Waals surface area contributed by atoms with Crippen LogP contribution in [-0.2, 0) is 0 Å². The Kier molecular flexibility index (Phi) is 5.72. The minimum absolute atomic E-state index is 0.628. The van der Waals surface area contributed by atoms with Gasteiger partial charge in [0.1, 0.15) is 0 Å². The average Bonchev–Trinajstić information content (AvgIpc) is 3.03. The molecule has 1 aliphatic carbocycles. The molecule has 0 radical (unpaired) electrons. The smallest absolute Gasteiger partial charge is 0.0949 e. The van der Waals surface area contributed by atoms with Crippen LogP contribution in [0.15, 0.2) is 18.7 Å². The summed E-state index contributed by atoms with van der Waals surface area (Å²) in [6.45, 7) is 3.45. The van der Waals surface area contributed by atoms with Crippen molar-refractivity contribution in [3.8, 4) is 0 Å². The van der Waals surface area contributed by atoms with Crippen molar-refractivity contribution in [1.29, 1.82) is 0 Å². The lowest BCUT2D eigenvalue weighted by atomic mass is 10.1. The highest BCUT2D eigenvalue weighted by Gasteiger charge is 2.27. The van der Waals surface area contributed by atoms with E-state index in [-0.39, 0.29) is 0 Å². The number of rotatable bonds is 8. The van der Waals surface area contributed by atoms with Crippen molar-refractivity contribution in [2.45, 2.75) is 70.4 Å². The molecule has 1 fully saturated rings. The van der Waals surface area contributed by atoms with E-state index in [0.717, 1.165) is 0 Å². The Bertz CT molecular complexity index is 308. The molecule has 0 amide bonds. The molecule has 0 spiro atoms. The first-order chi connectivity index (χ1) is 8.92. The normalized spacial score (nSPS) is 23.6. The molecule has 1 N–H and O–H groups in total. The SMILES string of the molecule is CCCCCCCNC1CCCC1n1ccnc1. The van der Waals surface area contributed by atoms with Gasteiger partial charge >= 0.3 is 0 Å². The zero-order chi connectivity index (χ0) is 12.6. The fourth-order valence-electron chi connectivity index (χ4n) is 3.02. The van der Waals surface area contributed by atoms with Crippen LogP contribution in [0.2, 0.25) is 0 Å². The number of hydrogen-bond donors (Lipinski definition) is 1. The van der Waals surface area contributed by atoms with E-state index in [1.165, 1.54) is 57.9 Å². The van der Waals surface area contributed by atoms with E-state index in [1.807, 2.05) is 12.5 Å². The van der Waals surface area contributed by atoms with E-state index in [2.05, 4.69) is 28.0 Å². The van der Waals surface area contributed by atoms with Crippen LogP contribution >= 0.6 is 0 Å². The lowest BCUT2D eigenvalue weighted by Crippen LogP contribution is -2.34. The summed E-state index contributed by atoms with van der Waals surface area (Å²) in [4.78, 5) is 4.17. The van der Waals surface area contributed by atoms with E-state index in [9.17, 15) is 0 Å². The molecule has 2 atom stereocenters. The Hall–Kier alpha value is -0.830. The van der Waals surface area contributed by atoms with Crippen LogP contribution in [0.5, 0.6) is 0 Å². The van der Waals surface area contributed by atoms with Gasteiger partial charge < -0.3 is 9.88 Å². The maximum atomic E-state index is 4.17. The van der Waals surface area contributed by atoms with Gasteiger partial charge in [-0.05, 0) is 32.2 Å². The molecule has 1 heterocycles. The first kappa shape index (κ1) is 13.6. The Balaban J connectivity index is 1.66. The van der Waals surface area contributed by atoms with Gasteiger partial charge in [0.05, 0.1) is 6.33 Å². The van der Waals surface area contributed by atoms with Crippen LogP contribution in [0, 0.1) is 0 Å². The third kappa shape index (κ3) is 3.84. The van der Waals surface area contributed by atoms with E-state index >= 15 is 0 Å². The second-order valence-corrected chi connectivity index (χ2v) is 5.48. The summed E-state index contributed by atoms with van der Waals surface area (Å²) in [7, 11) is 0. The standard InChI is InChI=1S/C15H27N3/c1-2-3-4-5-6-10-17-14-8-7-9-15(14)18-12-11-16-13-18/h11-15,17H,2-10H2,1H3. The fourth-order valence-corrected chi connectivity index (χ4v) is 3.02. The molecule has 2 unspecified atom stereocenters. The maximum absolute atomic E-state index is 4.17. The molecular weight excluding hydrogens is 222 g/mol. The highest BCUT2D eigenvalue weighted by Crippen LogP contribution is 2.29. The highest BCUT2D eigenvalue weighted by molar-refractivity contribution is 4.91. The summed E-state index contributed by atoms with van der Waals surface area (Å²) in [6, 6.07) is 1.29. The van der Waals surface area contributed by atoms with Crippen molar-refractivity contribution in [3.63, 3.8) is 0 Å². The lowest BCUT2D eigenvalue weighted by molar-refractivity contribution is 0.387. The van der Waals surface area contributed by atoms with Crippen LogP contribution in [0.3, 0.4) is 0 Å². The summed E-state index contributed by atoms with van der Waals surface area (Å²) in [5.74, 6) is 0. The molecule has 0 aromatic carbocycles. The van der Waals surface area contributed by atoms with Gasteiger partial charge in [-0.15, -0.1) is 0 Å². The second-order valence-electron chi connectivity index (χ2n) is 5.48. The lowest BCUT2D eigenvalue weighted by Gasteiger charge is -2.22. The molecule has 18 heavy (non-hydrogen) atoms. The number of nitrogens with one attached hydrogen (secondary N) is 1. The zero-order valence-corrected chi connectivity index (χ0v) is 11.6. The first-order valence-corrected chi connectivity index (χ1v) is 7.62. The van der Waals surface area contributed by atoms with Gasteiger partial charge in [-0.25, -0.2) is 4.98 Å². The quantitative estimate of drug-likeness (QED) is 0.714. The molecule has 3 heteroatoms. The molecule has 1 saturated carbocycles. The second kappa shape index (κ2) is 7.57.